The fourth-order valence-corrected chi connectivity index (χ4v) is 3.74. The third kappa shape index (κ3) is 5.09. The van der Waals surface area contributed by atoms with E-state index in [-0.39, 0.29) is 34.1 Å². The summed E-state index contributed by atoms with van der Waals surface area (Å²) in [6, 6.07) is 18.3. The molecule has 0 bridgehead atoms. The maximum Gasteiger partial charge on any atom is 0.258 e. The Morgan fingerprint density at radius 1 is 0.914 bits per heavy atom. The van der Waals surface area contributed by atoms with Gasteiger partial charge in [0.1, 0.15) is 23.0 Å². The number of amides is 2. The van der Waals surface area contributed by atoms with Crippen LogP contribution in [-0.2, 0) is 0 Å². The molecule has 2 heterocycles. The molecule has 0 fully saturated rings. The van der Waals surface area contributed by atoms with Crippen molar-refractivity contribution in [2.75, 3.05) is 10.6 Å². The van der Waals surface area contributed by atoms with Crippen molar-refractivity contribution < 1.29 is 18.8 Å². The van der Waals surface area contributed by atoms with Crippen molar-refractivity contribution in [3.63, 3.8) is 0 Å². The summed E-state index contributed by atoms with van der Waals surface area (Å²) in [5.74, 6) is -0.599. The van der Waals surface area contributed by atoms with E-state index in [0.717, 1.165) is 11.3 Å². The molecule has 0 aliphatic rings. The molecule has 0 unspecified atom stereocenters. The Hall–Kier alpha value is -4.79. The smallest absolute Gasteiger partial charge is 0.258 e. The zero-order chi connectivity index (χ0) is 25.1. The van der Waals surface area contributed by atoms with Crippen molar-refractivity contribution in [3.8, 4) is 11.3 Å². The first kappa shape index (κ1) is 23.4. The third-order valence-corrected chi connectivity index (χ3v) is 5.21. The Balaban J connectivity index is 1.59. The van der Waals surface area contributed by atoms with E-state index in [4.69, 9.17) is 10.2 Å². The van der Waals surface area contributed by atoms with Crippen molar-refractivity contribution in [3.05, 3.63) is 88.9 Å². The minimum absolute atomic E-state index is 0.0524. The van der Waals surface area contributed by atoms with Crippen LogP contribution >= 0.6 is 0 Å². The van der Waals surface area contributed by atoms with E-state index < -0.39 is 11.8 Å². The quantitative estimate of drug-likeness (QED) is 0.335. The summed E-state index contributed by atoms with van der Waals surface area (Å²) in [7, 11) is 0. The number of primary amides is 1. The Kier molecular flexibility index (Phi) is 6.41. The highest BCUT2D eigenvalue weighted by Crippen LogP contribution is 2.28. The Labute approximate surface area is 201 Å². The van der Waals surface area contributed by atoms with Crippen LogP contribution in [0.1, 0.15) is 49.6 Å². The lowest BCUT2D eigenvalue weighted by Crippen LogP contribution is -2.19. The molecule has 0 aliphatic carbocycles. The van der Waals surface area contributed by atoms with Gasteiger partial charge in [0.25, 0.3) is 11.8 Å². The van der Waals surface area contributed by atoms with Gasteiger partial charge in [-0.2, -0.15) is 0 Å². The molecule has 0 radical (unpaired) electrons. The van der Waals surface area contributed by atoms with Crippen LogP contribution < -0.4 is 16.4 Å². The number of benzene rings is 2. The maximum atomic E-state index is 12.9. The fraction of sp³-hybridized carbons (Fsp3) is 0.115. The number of hydrogen-bond donors (Lipinski definition) is 3. The molecule has 0 saturated heterocycles. The van der Waals surface area contributed by atoms with Crippen LogP contribution in [-0.4, -0.2) is 27.6 Å². The summed E-state index contributed by atoms with van der Waals surface area (Å²) >= 11 is 0. The minimum Gasteiger partial charge on any atom is -0.444 e. The normalized spacial score (nSPS) is 10.6. The van der Waals surface area contributed by atoms with Crippen LogP contribution in [0.25, 0.3) is 11.3 Å². The van der Waals surface area contributed by atoms with Gasteiger partial charge in [0, 0.05) is 22.9 Å². The van der Waals surface area contributed by atoms with Gasteiger partial charge in [0.05, 0.1) is 11.3 Å². The molecule has 2 amide bonds. The lowest BCUT2D eigenvalue weighted by Gasteiger charge is -2.10. The number of carbonyl (C=O) groups is 3. The van der Waals surface area contributed by atoms with Gasteiger partial charge in [-0.05, 0) is 39.0 Å². The standard InChI is InChI=1S/C26H23N5O4/c1-14(32)22-15(2)35-26(23(22)24(27)33)31-25(34)18-10-7-11-19(12-18)30-21-13-20(28-16(3)29-21)17-8-5-4-6-9-17/h4-13H,1-3H3,(H2,27,33)(H,31,34)(H,28,29,30). The van der Waals surface area contributed by atoms with Gasteiger partial charge in [0.15, 0.2) is 5.78 Å². The lowest BCUT2D eigenvalue weighted by atomic mass is 10.1. The molecule has 0 atom stereocenters. The lowest BCUT2D eigenvalue weighted by molar-refractivity contribution is 0.0974. The molecular formula is C26H23N5O4. The summed E-state index contributed by atoms with van der Waals surface area (Å²) in [5.41, 5.74) is 7.96. The number of hydrogen-bond acceptors (Lipinski definition) is 7. The molecule has 0 saturated carbocycles. The van der Waals surface area contributed by atoms with Crippen molar-refractivity contribution in [1.82, 2.24) is 9.97 Å². The van der Waals surface area contributed by atoms with E-state index in [2.05, 4.69) is 20.6 Å². The summed E-state index contributed by atoms with van der Waals surface area (Å²) in [6.07, 6.45) is 0. The molecular weight excluding hydrogens is 446 g/mol. The first-order chi connectivity index (χ1) is 16.7. The number of aryl methyl sites for hydroxylation is 2. The second-order valence-electron chi connectivity index (χ2n) is 7.87. The van der Waals surface area contributed by atoms with Gasteiger partial charge in [-0.3, -0.25) is 19.7 Å². The van der Waals surface area contributed by atoms with Crippen LogP contribution in [0.15, 0.2) is 65.1 Å². The van der Waals surface area contributed by atoms with E-state index in [0.29, 0.717) is 17.3 Å². The van der Waals surface area contributed by atoms with Gasteiger partial charge >= 0.3 is 0 Å². The van der Waals surface area contributed by atoms with Crippen molar-refractivity contribution in [2.24, 2.45) is 5.73 Å². The van der Waals surface area contributed by atoms with Crippen molar-refractivity contribution >= 4 is 35.0 Å². The van der Waals surface area contributed by atoms with Crippen molar-refractivity contribution in [1.29, 1.82) is 0 Å². The first-order valence-electron chi connectivity index (χ1n) is 10.8. The Morgan fingerprint density at radius 3 is 2.34 bits per heavy atom. The highest BCUT2D eigenvalue weighted by molar-refractivity contribution is 6.13. The zero-order valence-electron chi connectivity index (χ0n) is 19.4. The Bertz CT molecular complexity index is 1440. The fourth-order valence-electron chi connectivity index (χ4n) is 3.74. The summed E-state index contributed by atoms with van der Waals surface area (Å²) in [5, 5.41) is 5.74. The highest BCUT2D eigenvalue weighted by atomic mass is 16.4. The second kappa shape index (κ2) is 9.60. The monoisotopic (exact) mass is 469 g/mol. The Morgan fingerprint density at radius 2 is 1.66 bits per heavy atom. The summed E-state index contributed by atoms with van der Waals surface area (Å²) < 4.78 is 5.47. The number of nitrogens with two attached hydrogens (primary N) is 1. The molecule has 2 aromatic heterocycles. The van der Waals surface area contributed by atoms with Crippen LogP contribution in [0.5, 0.6) is 0 Å². The highest BCUT2D eigenvalue weighted by Gasteiger charge is 2.26. The molecule has 9 nitrogen and oxygen atoms in total. The number of aromatic nitrogens is 2. The molecule has 9 heteroatoms. The number of anilines is 3. The largest absolute Gasteiger partial charge is 0.444 e. The van der Waals surface area contributed by atoms with Crippen LogP contribution in [0.4, 0.5) is 17.4 Å². The molecule has 2 aromatic carbocycles. The minimum atomic E-state index is -0.869. The van der Waals surface area contributed by atoms with E-state index in [1.807, 2.05) is 36.4 Å². The molecule has 4 aromatic rings. The number of ketones is 1. The number of nitrogens with zero attached hydrogens (tertiary/aromatic N) is 2. The topological polar surface area (TPSA) is 140 Å². The molecule has 0 spiro atoms. The number of nitrogens with one attached hydrogen (secondary N) is 2. The average molecular weight is 470 g/mol. The maximum absolute atomic E-state index is 12.9. The summed E-state index contributed by atoms with van der Waals surface area (Å²) in [4.78, 5) is 45.7. The predicted molar refractivity (Wildman–Crippen MR) is 132 cm³/mol. The number of carbonyl (C=O) groups excluding carboxylic acids is 3. The SMILES string of the molecule is CC(=O)c1c(C)oc(NC(=O)c2cccc(Nc3cc(-c4ccccc4)nc(C)n3)c2)c1C(N)=O. The van der Waals surface area contributed by atoms with E-state index in [1.165, 1.54) is 13.8 Å². The van der Waals surface area contributed by atoms with Crippen LogP contribution in [0.2, 0.25) is 0 Å². The third-order valence-electron chi connectivity index (χ3n) is 5.21. The number of rotatable bonds is 7. The van der Waals surface area contributed by atoms with Gasteiger partial charge in [-0.1, -0.05) is 36.4 Å². The zero-order valence-corrected chi connectivity index (χ0v) is 19.4. The summed E-state index contributed by atoms with van der Waals surface area (Å²) in [6.45, 7) is 4.62. The van der Waals surface area contributed by atoms with Crippen LogP contribution in [0, 0.1) is 13.8 Å². The molecule has 0 aliphatic heterocycles. The second-order valence-corrected chi connectivity index (χ2v) is 7.87. The first-order valence-corrected chi connectivity index (χ1v) is 10.8. The van der Waals surface area contributed by atoms with E-state index >= 15 is 0 Å². The molecule has 35 heavy (non-hydrogen) atoms. The average Bonchev–Trinajstić information content (AvgIpc) is 3.15. The molecule has 4 N–H and O–H groups in total. The predicted octanol–water partition coefficient (Wildman–Crippen LogP) is 4.65. The van der Waals surface area contributed by atoms with Gasteiger partial charge in [-0.15, -0.1) is 0 Å². The van der Waals surface area contributed by atoms with Gasteiger partial charge in [0.2, 0.25) is 5.88 Å². The molecule has 4 rings (SSSR count). The number of Topliss-reactive ketones (excluding diaryl/α,β-unsaturated/α-hetero) is 1. The van der Waals surface area contributed by atoms with Crippen molar-refractivity contribution in [2.45, 2.75) is 20.8 Å². The van der Waals surface area contributed by atoms with E-state index in [1.54, 1.807) is 31.2 Å². The number of furan rings is 1. The van der Waals surface area contributed by atoms with Gasteiger partial charge < -0.3 is 15.5 Å². The molecule has 176 valence electrons. The van der Waals surface area contributed by atoms with E-state index in [9.17, 15) is 14.4 Å². The van der Waals surface area contributed by atoms with Crippen LogP contribution in [0.3, 0.4) is 0 Å². The van der Waals surface area contributed by atoms with Gasteiger partial charge in [-0.25, -0.2) is 9.97 Å².